The summed E-state index contributed by atoms with van der Waals surface area (Å²) in [6, 6.07) is 0. The van der Waals surface area contributed by atoms with Crippen molar-refractivity contribution in [2.24, 2.45) is 5.16 Å². The van der Waals surface area contributed by atoms with Crippen molar-refractivity contribution in [1.29, 1.82) is 0 Å². The van der Waals surface area contributed by atoms with Crippen molar-refractivity contribution in [1.82, 2.24) is 9.55 Å². The van der Waals surface area contributed by atoms with Gasteiger partial charge in [-0.1, -0.05) is 25.9 Å². The number of imidazole rings is 1. The van der Waals surface area contributed by atoms with Crippen LogP contribution < -0.4 is 0 Å². The van der Waals surface area contributed by atoms with Crippen LogP contribution in [0.5, 0.6) is 0 Å². The fourth-order valence-corrected chi connectivity index (χ4v) is 3.85. The van der Waals surface area contributed by atoms with Crippen LogP contribution in [-0.4, -0.2) is 67.1 Å². The van der Waals surface area contributed by atoms with Gasteiger partial charge >= 0.3 is 0 Å². The number of hydrogen-bond donors (Lipinski definition) is 0. The maximum atomic E-state index is 6.43. The molecule has 164 valence electrons. The normalized spacial score (nSPS) is 23.3. The van der Waals surface area contributed by atoms with Gasteiger partial charge in [0, 0.05) is 12.4 Å². The van der Waals surface area contributed by atoms with Crippen LogP contribution in [0.25, 0.3) is 0 Å². The molecule has 29 heavy (non-hydrogen) atoms. The van der Waals surface area contributed by atoms with Gasteiger partial charge in [0.15, 0.2) is 20.2 Å². The van der Waals surface area contributed by atoms with Crippen molar-refractivity contribution in [2.45, 2.75) is 76.8 Å². The zero-order chi connectivity index (χ0) is 21.9. The molecule has 10 heteroatoms. The number of rotatable bonds is 7. The molecule has 3 atom stereocenters. The van der Waals surface area contributed by atoms with Gasteiger partial charge in [0.25, 0.3) is 5.17 Å². The van der Waals surface area contributed by atoms with E-state index >= 15 is 0 Å². The molecule has 1 fully saturated rings. The molecule has 0 N–H and O–H groups in total. The van der Waals surface area contributed by atoms with Crippen molar-refractivity contribution in [3.8, 4) is 0 Å². The molecule has 0 unspecified atom stereocenters. The summed E-state index contributed by atoms with van der Waals surface area (Å²) < 4.78 is 26.3. The van der Waals surface area contributed by atoms with Crippen LogP contribution >= 0.6 is 12.2 Å². The molecule has 0 bridgehead atoms. The summed E-state index contributed by atoms with van der Waals surface area (Å²) in [5, 5.41) is 4.19. The molecule has 0 aromatic carbocycles. The summed E-state index contributed by atoms with van der Waals surface area (Å²) in [6.45, 7) is 15.0. The molecule has 1 aliphatic rings. The molecule has 0 radical (unpaired) electrons. The summed E-state index contributed by atoms with van der Waals surface area (Å²) in [6.07, 6.45) is 5.08. The Morgan fingerprint density at radius 3 is 2.62 bits per heavy atom. The zero-order valence-corrected chi connectivity index (χ0v) is 20.4. The maximum absolute atomic E-state index is 6.43. The third-order valence-corrected chi connectivity index (χ3v) is 10.0. The predicted octanol–water partition coefficient (Wildman–Crippen LogP) is 3.58. The predicted molar refractivity (Wildman–Crippen MR) is 118 cm³/mol. The van der Waals surface area contributed by atoms with Crippen molar-refractivity contribution < 1.29 is 23.5 Å². The van der Waals surface area contributed by atoms with E-state index in [1.165, 1.54) is 7.11 Å². The minimum Gasteiger partial charge on any atom is -0.462 e. The number of nitrogens with zero attached hydrogens (tertiary/aromatic N) is 3. The summed E-state index contributed by atoms with van der Waals surface area (Å²) in [5.74, 6) is -0.801. The van der Waals surface area contributed by atoms with E-state index in [9.17, 15) is 0 Å². The topological polar surface area (TPSA) is 76.3 Å². The largest absolute Gasteiger partial charge is 0.462 e. The second kappa shape index (κ2) is 9.21. The second-order valence-corrected chi connectivity index (χ2v) is 14.1. The fourth-order valence-electron chi connectivity index (χ4n) is 2.60. The molecule has 0 saturated carbocycles. The first kappa shape index (κ1) is 23.9. The summed E-state index contributed by atoms with van der Waals surface area (Å²) >= 11 is 5.45. The molecule has 0 spiro atoms. The van der Waals surface area contributed by atoms with Crippen molar-refractivity contribution >= 4 is 31.9 Å². The van der Waals surface area contributed by atoms with Crippen LogP contribution in [-0.2, 0) is 23.5 Å². The smallest absolute Gasteiger partial charge is 0.269 e. The number of oxime groups is 1. The quantitative estimate of drug-likeness (QED) is 0.276. The molecule has 2 heterocycles. The van der Waals surface area contributed by atoms with Crippen LogP contribution in [0.3, 0.4) is 0 Å². The lowest BCUT2D eigenvalue weighted by Crippen LogP contribution is -2.48. The van der Waals surface area contributed by atoms with Crippen LogP contribution in [0.1, 0.15) is 34.6 Å². The third-order valence-electron chi connectivity index (χ3n) is 5.23. The summed E-state index contributed by atoms with van der Waals surface area (Å²) in [5.41, 5.74) is 0. The minimum absolute atomic E-state index is 0.0611. The summed E-state index contributed by atoms with van der Waals surface area (Å²) in [7, 11) is -0.535. The van der Waals surface area contributed by atoms with E-state index in [4.69, 9.17) is 35.7 Å². The highest BCUT2D eigenvalue weighted by Gasteiger charge is 2.47. The van der Waals surface area contributed by atoms with Gasteiger partial charge in [-0.15, -0.1) is 0 Å². The van der Waals surface area contributed by atoms with Gasteiger partial charge in [0.2, 0.25) is 0 Å². The number of aromatic nitrogens is 2. The van der Waals surface area contributed by atoms with Gasteiger partial charge in [-0.3, -0.25) is 4.57 Å². The molecule has 1 saturated heterocycles. The average Bonchev–Trinajstić information content (AvgIpc) is 3.23. The highest BCUT2D eigenvalue weighted by atomic mass is 32.1. The Hall–Kier alpha value is -1.33. The molecule has 2 rings (SSSR count). The second-order valence-electron chi connectivity index (χ2n) is 8.97. The van der Waals surface area contributed by atoms with Gasteiger partial charge < -0.3 is 23.5 Å². The third kappa shape index (κ3) is 6.32. The van der Waals surface area contributed by atoms with Crippen molar-refractivity contribution in [3.05, 3.63) is 18.7 Å². The Kier molecular flexibility index (Phi) is 7.61. The molecule has 1 aliphatic heterocycles. The van der Waals surface area contributed by atoms with Crippen LogP contribution in [0.15, 0.2) is 23.9 Å². The first-order chi connectivity index (χ1) is 13.4. The molecular weight excluding hydrogens is 410 g/mol. The van der Waals surface area contributed by atoms with E-state index in [1.54, 1.807) is 29.5 Å². The van der Waals surface area contributed by atoms with Gasteiger partial charge in [-0.05, 0) is 44.2 Å². The van der Waals surface area contributed by atoms with Gasteiger partial charge in [-0.2, -0.15) is 0 Å². The monoisotopic (exact) mass is 443 g/mol. The Labute approximate surface area is 179 Å². The van der Waals surface area contributed by atoms with E-state index in [1.807, 2.05) is 13.8 Å². The van der Waals surface area contributed by atoms with E-state index in [0.29, 0.717) is 6.61 Å². The minimum atomic E-state index is -2.02. The molecule has 0 aliphatic carbocycles. The Morgan fingerprint density at radius 1 is 1.38 bits per heavy atom. The van der Waals surface area contributed by atoms with E-state index in [2.05, 4.69) is 44.0 Å². The number of hydrogen-bond acceptors (Lipinski definition) is 8. The summed E-state index contributed by atoms with van der Waals surface area (Å²) in [4.78, 5) is 8.85. The highest BCUT2D eigenvalue weighted by Crippen LogP contribution is 2.37. The van der Waals surface area contributed by atoms with Crippen molar-refractivity contribution in [3.63, 3.8) is 0 Å². The lowest BCUT2D eigenvalue weighted by Gasteiger charge is -2.38. The van der Waals surface area contributed by atoms with Crippen molar-refractivity contribution in [2.75, 3.05) is 13.7 Å². The molecule has 0 amide bonds. The lowest BCUT2D eigenvalue weighted by molar-refractivity contribution is -0.153. The average molecular weight is 444 g/mol. The van der Waals surface area contributed by atoms with E-state index in [-0.39, 0.29) is 10.2 Å². The zero-order valence-electron chi connectivity index (χ0n) is 18.5. The SMILES string of the molecule is CO/N=C/[C@@H]1OC(C)(C)O[C@@H]1[C@@H](CO[Si](C)(C)C(C)(C)C)OC(=S)n1ccnc1. The Morgan fingerprint density at radius 2 is 2.07 bits per heavy atom. The van der Waals surface area contributed by atoms with Crippen LogP contribution in [0, 0.1) is 0 Å². The first-order valence-electron chi connectivity index (χ1n) is 9.61. The molecule has 1 aromatic rings. The standard InChI is InChI=1S/C19H33N3O5SSi/c1-18(2,3)29(7,8)24-12-15(25-17(28)22-10-9-20-13-22)16-14(11-21-23-6)26-19(4,5)27-16/h9-11,13-16H,12H2,1-8H3/b21-11+/t14-,15+,16-/m0/s1. The molecular formula is C19H33N3O5SSi. The highest BCUT2D eigenvalue weighted by molar-refractivity contribution is 7.80. The van der Waals surface area contributed by atoms with Crippen LogP contribution in [0.2, 0.25) is 18.1 Å². The van der Waals surface area contributed by atoms with Crippen LogP contribution in [0.4, 0.5) is 0 Å². The molecule has 8 nitrogen and oxygen atoms in total. The molecule has 1 aromatic heterocycles. The van der Waals surface area contributed by atoms with E-state index < -0.39 is 32.4 Å². The van der Waals surface area contributed by atoms with Gasteiger partial charge in [0.1, 0.15) is 25.6 Å². The maximum Gasteiger partial charge on any atom is 0.269 e. The fraction of sp³-hybridized carbons (Fsp3) is 0.737. The number of thiocarbonyl (C=S) groups is 1. The Balaban J connectivity index is 2.25. The first-order valence-corrected chi connectivity index (χ1v) is 12.9. The lowest BCUT2D eigenvalue weighted by atomic mass is 10.1. The van der Waals surface area contributed by atoms with Gasteiger partial charge in [-0.25, -0.2) is 4.98 Å². The van der Waals surface area contributed by atoms with E-state index in [0.717, 1.165) is 0 Å². The Bertz CT molecular complexity index is 703. The van der Waals surface area contributed by atoms with Gasteiger partial charge in [0.05, 0.1) is 12.8 Å². The number of ether oxygens (including phenoxy) is 3.